The second-order valence-corrected chi connectivity index (χ2v) is 4.69. The van der Waals surface area contributed by atoms with Crippen LogP contribution in [0.3, 0.4) is 0 Å². The predicted octanol–water partition coefficient (Wildman–Crippen LogP) is 2.29. The SMILES string of the molecule is COC(=O)c1cc2nc(Cl)c(CN)nc2cc1Br. The fraction of sp³-hybridized carbons (Fsp3) is 0.182. The van der Waals surface area contributed by atoms with E-state index in [0.717, 1.165) is 0 Å². The molecule has 0 saturated heterocycles. The van der Waals surface area contributed by atoms with Crippen LogP contribution in [0.15, 0.2) is 16.6 Å². The molecule has 7 heteroatoms. The molecule has 2 N–H and O–H groups in total. The van der Waals surface area contributed by atoms with Crippen LogP contribution in [0.25, 0.3) is 11.0 Å². The zero-order valence-electron chi connectivity index (χ0n) is 9.41. The topological polar surface area (TPSA) is 78.1 Å². The van der Waals surface area contributed by atoms with E-state index in [1.165, 1.54) is 7.11 Å². The summed E-state index contributed by atoms with van der Waals surface area (Å²) in [7, 11) is 1.31. The number of benzene rings is 1. The fourth-order valence-corrected chi connectivity index (χ4v) is 2.19. The highest BCUT2D eigenvalue weighted by atomic mass is 79.9. The van der Waals surface area contributed by atoms with Crippen LogP contribution in [0, 0.1) is 0 Å². The molecular weight excluding hydrogens is 321 g/mol. The van der Waals surface area contributed by atoms with Crippen molar-refractivity contribution in [1.82, 2.24) is 9.97 Å². The van der Waals surface area contributed by atoms with E-state index in [-0.39, 0.29) is 11.7 Å². The number of carbonyl (C=O) groups excluding carboxylic acids is 1. The Labute approximate surface area is 116 Å². The average molecular weight is 331 g/mol. The molecule has 0 aliphatic rings. The van der Waals surface area contributed by atoms with Gasteiger partial charge in [-0.25, -0.2) is 14.8 Å². The molecule has 0 aliphatic carbocycles. The first-order valence-electron chi connectivity index (χ1n) is 5.01. The predicted molar refractivity (Wildman–Crippen MR) is 71.5 cm³/mol. The molecule has 0 unspecified atom stereocenters. The zero-order chi connectivity index (χ0) is 13.3. The summed E-state index contributed by atoms with van der Waals surface area (Å²) < 4.78 is 5.26. The van der Waals surface area contributed by atoms with E-state index in [1.807, 2.05) is 0 Å². The van der Waals surface area contributed by atoms with Gasteiger partial charge < -0.3 is 10.5 Å². The molecule has 5 nitrogen and oxygen atoms in total. The molecule has 1 heterocycles. The van der Waals surface area contributed by atoms with Crippen molar-refractivity contribution in [3.05, 3.63) is 33.0 Å². The third kappa shape index (κ3) is 2.31. The molecule has 0 amide bonds. The Bertz CT molecular complexity index is 633. The molecule has 2 rings (SSSR count). The van der Waals surface area contributed by atoms with Crippen molar-refractivity contribution in [2.45, 2.75) is 6.54 Å². The summed E-state index contributed by atoms with van der Waals surface area (Å²) in [6.45, 7) is 0.206. The maximum atomic E-state index is 11.5. The molecule has 0 atom stereocenters. The lowest BCUT2D eigenvalue weighted by atomic mass is 10.2. The van der Waals surface area contributed by atoms with Gasteiger partial charge in [0.1, 0.15) is 0 Å². The van der Waals surface area contributed by atoms with Gasteiger partial charge in [-0.15, -0.1) is 0 Å². The van der Waals surface area contributed by atoms with Crippen molar-refractivity contribution in [3.8, 4) is 0 Å². The number of carbonyl (C=O) groups is 1. The van der Waals surface area contributed by atoms with E-state index in [0.29, 0.717) is 26.8 Å². The number of aromatic nitrogens is 2. The number of nitrogens with two attached hydrogens (primary N) is 1. The summed E-state index contributed by atoms with van der Waals surface area (Å²) >= 11 is 9.22. The Morgan fingerprint density at radius 2 is 2.11 bits per heavy atom. The molecule has 18 heavy (non-hydrogen) atoms. The molecular formula is C11H9BrClN3O2. The first-order chi connectivity index (χ1) is 8.56. The normalized spacial score (nSPS) is 10.7. The third-order valence-corrected chi connectivity index (χ3v) is 3.33. The van der Waals surface area contributed by atoms with Crippen LogP contribution in [0.4, 0.5) is 0 Å². The summed E-state index contributed by atoms with van der Waals surface area (Å²) in [4.78, 5) is 20.0. The summed E-state index contributed by atoms with van der Waals surface area (Å²) in [5.74, 6) is -0.454. The number of methoxy groups -OCH3 is 1. The number of hydrogen-bond acceptors (Lipinski definition) is 5. The van der Waals surface area contributed by atoms with Gasteiger partial charge in [-0.1, -0.05) is 11.6 Å². The number of rotatable bonds is 2. The van der Waals surface area contributed by atoms with Crippen molar-refractivity contribution < 1.29 is 9.53 Å². The standard InChI is InChI=1S/C11H9BrClN3O2/c1-18-11(17)5-2-7-8(3-6(5)12)15-9(4-14)10(13)16-7/h2-3H,4,14H2,1H3. The number of hydrogen-bond donors (Lipinski definition) is 1. The van der Waals surface area contributed by atoms with Gasteiger partial charge in [-0.2, -0.15) is 0 Å². The molecule has 2 aromatic rings. The molecule has 0 saturated carbocycles. The number of ether oxygens (including phenoxy) is 1. The summed E-state index contributed by atoms with van der Waals surface area (Å²) in [6, 6.07) is 3.26. The monoisotopic (exact) mass is 329 g/mol. The molecule has 0 spiro atoms. The molecule has 0 aliphatic heterocycles. The average Bonchev–Trinajstić information content (AvgIpc) is 2.37. The lowest BCUT2D eigenvalue weighted by Gasteiger charge is -2.06. The van der Waals surface area contributed by atoms with Gasteiger partial charge in [0, 0.05) is 11.0 Å². The van der Waals surface area contributed by atoms with E-state index in [1.54, 1.807) is 12.1 Å². The first kappa shape index (κ1) is 13.2. The first-order valence-corrected chi connectivity index (χ1v) is 6.18. The molecule has 1 aromatic carbocycles. The zero-order valence-corrected chi connectivity index (χ0v) is 11.7. The van der Waals surface area contributed by atoms with Crippen molar-refractivity contribution in [3.63, 3.8) is 0 Å². The lowest BCUT2D eigenvalue weighted by molar-refractivity contribution is 0.0600. The van der Waals surface area contributed by atoms with Crippen LogP contribution in [0.1, 0.15) is 16.1 Å². The quantitative estimate of drug-likeness (QED) is 0.855. The Morgan fingerprint density at radius 1 is 1.44 bits per heavy atom. The van der Waals surface area contributed by atoms with Crippen LogP contribution < -0.4 is 5.73 Å². The van der Waals surface area contributed by atoms with Crippen molar-refractivity contribution in [1.29, 1.82) is 0 Å². The number of esters is 1. The van der Waals surface area contributed by atoms with E-state index >= 15 is 0 Å². The highest BCUT2D eigenvalue weighted by molar-refractivity contribution is 9.10. The van der Waals surface area contributed by atoms with Crippen molar-refractivity contribution in [2.24, 2.45) is 5.73 Å². The fourth-order valence-electron chi connectivity index (χ4n) is 1.49. The van der Waals surface area contributed by atoms with E-state index in [2.05, 4.69) is 30.6 Å². The molecule has 0 fully saturated rings. The molecule has 94 valence electrons. The smallest absolute Gasteiger partial charge is 0.339 e. The van der Waals surface area contributed by atoms with Crippen LogP contribution in [0.5, 0.6) is 0 Å². The van der Waals surface area contributed by atoms with E-state index in [9.17, 15) is 4.79 Å². The van der Waals surface area contributed by atoms with Gasteiger partial charge in [0.2, 0.25) is 0 Å². The second kappa shape index (κ2) is 5.17. The van der Waals surface area contributed by atoms with E-state index < -0.39 is 5.97 Å². The van der Waals surface area contributed by atoms with Crippen LogP contribution in [-0.2, 0) is 11.3 Å². The Hall–Kier alpha value is -1.24. The highest BCUT2D eigenvalue weighted by Crippen LogP contribution is 2.25. The van der Waals surface area contributed by atoms with Gasteiger partial charge in [0.05, 0.1) is 29.4 Å². The minimum Gasteiger partial charge on any atom is -0.465 e. The van der Waals surface area contributed by atoms with Gasteiger partial charge >= 0.3 is 5.97 Å². The van der Waals surface area contributed by atoms with Gasteiger partial charge in [0.25, 0.3) is 0 Å². The van der Waals surface area contributed by atoms with Gasteiger partial charge in [-0.05, 0) is 28.1 Å². The van der Waals surface area contributed by atoms with Crippen LogP contribution >= 0.6 is 27.5 Å². The van der Waals surface area contributed by atoms with Crippen molar-refractivity contribution in [2.75, 3.05) is 7.11 Å². The highest BCUT2D eigenvalue weighted by Gasteiger charge is 2.14. The Morgan fingerprint density at radius 3 is 2.72 bits per heavy atom. The summed E-state index contributed by atoms with van der Waals surface area (Å²) in [6.07, 6.45) is 0. The van der Waals surface area contributed by atoms with Crippen molar-refractivity contribution >= 4 is 44.5 Å². The number of nitrogens with zero attached hydrogens (tertiary/aromatic N) is 2. The lowest BCUT2D eigenvalue weighted by Crippen LogP contribution is -2.05. The maximum Gasteiger partial charge on any atom is 0.339 e. The third-order valence-electron chi connectivity index (χ3n) is 2.38. The van der Waals surface area contributed by atoms with Gasteiger partial charge in [-0.3, -0.25) is 0 Å². The Kier molecular flexibility index (Phi) is 3.79. The number of halogens is 2. The summed E-state index contributed by atoms with van der Waals surface area (Å²) in [5.41, 5.74) is 7.52. The molecule has 0 radical (unpaired) electrons. The summed E-state index contributed by atoms with van der Waals surface area (Å²) in [5, 5.41) is 0.239. The minimum atomic E-state index is -0.454. The molecule has 0 bridgehead atoms. The second-order valence-electron chi connectivity index (χ2n) is 3.48. The molecule has 1 aromatic heterocycles. The van der Waals surface area contributed by atoms with Gasteiger partial charge in [0.15, 0.2) is 5.15 Å². The Balaban J connectivity index is 2.68. The van der Waals surface area contributed by atoms with Crippen LogP contribution in [0.2, 0.25) is 5.15 Å². The van der Waals surface area contributed by atoms with E-state index in [4.69, 9.17) is 17.3 Å². The minimum absolute atomic E-state index is 0.206. The largest absolute Gasteiger partial charge is 0.465 e. The maximum absolute atomic E-state index is 11.5. The van der Waals surface area contributed by atoms with Crippen LogP contribution in [-0.4, -0.2) is 23.0 Å². The number of fused-ring (bicyclic) bond motifs is 1.